The van der Waals surface area contributed by atoms with Crippen LogP contribution in [0.15, 0.2) is 18.3 Å². The van der Waals surface area contributed by atoms with Crippen molar-refractivity contribution in [2.45, 2.75) is 19.0 Å². The van der Waals surface area contributed by atoms with Crippen LogP contribution in [-0.4, -0.2) is 48.4 Å². The number of aliphatic hydroxyl groups excluding tert-OH is 1. The zero-order valence-electron chi connectivity index (χ0n) is 9.97. The molecule has 0 aliphatic rings. The molecule has 1 rings (SSSR count). The highest BCUT2D eigenvalue weighted by Gasteiger charge is 2.17. The van der Waals surface area contributed by atoms with Crippen LogP contribution in [0, 0.1) is 0 Å². The van der Waals surface area contributed by atoms with Crippen LogP contribution in [0.1, 0.15) is 10.5 Å². The van der Waals surface area contributed by atoms with Crippen molar-refractivity contribution < 1.29 is 23.4 Å². The van der Waals surface area contributed by atoms with E-state index in [0.29, 0.717) is 0 Å². The molecular weight excluding hydrogens is 246 g/mol. The Hall–Kier alpha value is -1.47. The molecule has 1 atom stereocenters. The van der Waals surface area contributed by atoms with Gasteiger partial charge in [0.2, 0.25) is 0 Å². The van der Waals surface area contributed by atoms with Crippen molar-refractivity contribution >= 4 is 5.91 Å². The molecule has 0 fully saturated rings. The Morgan fingerprint density at radius 2 is 2.33 bits per heavy atom. The number of hydrogen-bond acceptors (Lipinski definition) is 3. The largest absolute Gasteiger partial charge is 0.394 e. The minimum Gasteiger partial charge on any atom is -0.394 e. The average Bonchev–Trinajstić information content (AvgIpc) is 2.75. The minimum absolute atomic E-state index is 0.129. The molecule has 102 valence electrons. The molecule has 7 heteroatoms. The second-order valence-corrected chi connectivity index (χ2v) is 3.75. The van der Waals surface area contributed by atoms with E-state index in [0.717, 1.165) is 0 Å². The first-order valence-corrected chi connectivity index (χ1v) is 5.42. The third-order valence-corrected chi connectivity index (χ3v) is 2.32. The van der Waals surface area contributed by atoms with Gasteiger partial charge in [0.05, 0.1) is 25.8 Å². The Morgan fingerprint density at radius 3 is 2.89 bits per heavy atom. The number of nitrogens with zero attached hydrogens (tertiary/aromatic N) is 1. The van der Waals surface area contributed by atoms with Crippen molar-refractivity contribution in [3.05, 3.63) is 24.0 Å². The van der Waals surface area contributed by atoms with Crippen molar-refractivity contribution in [3.63, 3.8) is 0 Å². The number of carbonyl (C=O) groups excluding carboxylic acids is 1. The molecule has 0 saturated carbocycles. The SMILES string of the molecule is COCC(CO)NC(=O)c1cccn1CC(F)F. The molecule has 1 amide bonds. The number of rotatable bonds is 7. The van der Waals surface area contributed by atoms with Gasteiger partial charge in [-0.05, 0) is 12.1 Å². The number of aromatic nitrogens is 1. The van der Waals surface area contributed by atoms with E-state index in [4.69, 9.17) is 9.84 Å². The molecule has 0 saturated heterocycles. The Kier molecular flexibility index (Phi) is 5.73. The van der Waals surface area contributed by atoms with E-state index in [1.54, 1.807) is 0 Å². The van der Waals surface area contributed by atoms with E-state index < -0.39 is 24.9 Å². The normalized spacial score (nSPS) is 12.7. The molecule has 0 aromatic carbocycles. The number of methoxy groups -OCH3 is 1. The highest BCUT2D eigenvalue weighted by Crippen LogP contribution is 2.06. The van der Waals surface area contributed by atoms with Crippen molar-refractivity contribution in [1.82, 2.24) is 9.88 Å². The quantitative estimate of drug-likeness (QED) is 0.751. The van der Waals surface area contributed by atoms with Crippen LogP contribution < -0.4 is 5.32 Å². The minimum atomic E-state index is -2.53. The van der Waals surface area contributed by atoms with E-state index in [2.05, 4.69) is 5.32 Å². The van der Waals surface area contributed by atoms with E-state index in [1.807, 2.05) is 0 Å². The maximum absolute atomic E-state index is 12.3. The number of hydrogen-bond donors (Lipinski definition) is 2. The van der Waals surface area contributed by atoms with Crippen molar-refractivity contribution in [3.8, 4) is 0 Å². The fourth-order valence-electron chi connectivity index (χ4n) is 1.53. The first kappa shape index (κ1) is 14.6. The van der Waals surface area contributed by atoms with Crippen LogP contribution in [0.3, 0.4) is 0 Å². The molecule has 1 heterocycles. The molecule has 1 unspecified atom stereocenters. The van der Waals surface area contributed by atoms with Crippen molar-refractivity contribution in [2.75, 3.05) is 20.3 Å². The van der Waals surface area contributed by atoms with Gasteiger partial charge >= 0.3 is 0 Å². The number of halogens is 2. The third kappa shape index (κ3) is 4.08. The lowest BCUT2D eigenvalue weighted by Gasteiger charge is -2.16. The van der Waals surface area contributed by atoms with Crippen LogP contribution in [0.5, 0.6) is 0 Å². The standard InChI is InChI=1S/C11H16F2N2O3/c1-18-7-8(6-16)14-11(17)9-3-2-4-15(9)5-10(12)13/h2-4,8,10,16H,5-7H2,1H3,(H,14,17). The maximum atomic E-state index is 12.3. The van der Waals surface area contributed by atoms with Gasteiger partial charge < -0.3 is 19.7 Å². The summed E-state index contributed by atoms with van der Waals surface area (Å²) in [6.45, 7) is -0.670. The average molecular weight is 262 g/mol. The third-order valence-electron chi connectivity index (χ3n) is 2.32. The van der Waals surface area contributed by atoms with Crippen LogP contribution in [0.2, 0.25) is 0 Å². The summed E-state index contributed by atoms with van der Waals surface area (Å²) in [5.41, 5.74) is 0.129. The Morgan fingerprint density at radius 1 is 1.61 bits per heavy atom. The summed E-state index contributed by atoms with van der Waals surface area (Å²) in [6.07, 6.45) is -1.12. The lowest BCUT2D eigenvalue weighted by atomic mass is 10.3. The predicted octanol–water partition coefficient (Wildman–Crippen LogP) is 0.490. The van der Waals surface area contributed by atoms with Gasteiger partial charge in [-0.3, -0.25) is 4.79 Å². The Balaban J connectivity index is 2.68. The van der Waals surface area contributed by atoms with Crippen LogP contribution in [0.4, 0.5) is 8.78 Å². The molecule has 5 nitrogen and oxygen atoms in total. The number of amides is 1. The molecule has 0 bridgehead atoms. The molecule has 1 aromatic rings. The number of aliphatic hydroxyl groups is 1. The second kappa shape index (κ2) is 7.07. The number of carbonyl (C=O) groups is 1. The van der Waals surface area contributed by atoms with Gasteiger partial charge in [0.15, 0.2) is 0 Å². The van der Waals surface area contributed by atoms with Gasteiger partial charge in [-0.1, -0.05) is 0 Å². The highest BCUT2D eigenvalue weighted by molar-refractivity contribution is 5.92. The van der Waals surface area contributed by atoms with Crippen LogP contribution >= 0.6 is 0 Å². The lowest BCUT2D eigenvalue weighted by Crippen LogP contribution is -2.41. The second-order valence-electron chi connectivity index (χ2n) is 3.75. The predicted molar refractivity (Wildman–Crippen MR) is 60.7 cm³/mol. The van der Waals surface area contributed by atoms with Crippen molar-refractivity contribution in [1.29, 1.82) is 0 Å². The fraction of sp³-hybridized carbons (Fsp3) is 0.545. The topological polar surface area (TPSA) is 63.5 Å². The van der Waals surface area contributed by atoms with Crippen LogP contribution in [-0.2, 0) is 11.3 Å². The van der Waals surface area contributed by atoms with Crippen LogP contribution in [0.25, 0.3) is 0 Å². The van der Waals surface area contributed by atoms with Gasteiger partial charge in [0.1, 0.15) is 5.69 Å². The molecule has 2 N–H and O–H groups in total. The summed E-state index contributed by atoms with van der Waals surface area (Å²) in [7, 11) is 1.44. The summed E-state index contributed by atoms with van der Waals surface area (Å²) < 4.78 is 30.5. The molecular formula is C11H16F2N2O3. The van der Waals surface area contributed by atoms with Gasteiger partial charge in [0, 0.05) is 13.3 Å². The first-order valence-electron chi connectivity index (χ1n) is 5.42. The van der Waals surface area contributed by atoms with E-state index >= 15 is 0 Å². The zero-order chi connectivity index (χ0) is 13.5. The first-order chi connectivity index (χ1) is 8.58. The fourth-order valence-corrected chi connectivity index (χ4v) is 1.53. The molecule has 0 aliphatic carbocycles. The van der Waals surface area contributed by atoms with Gasteiger partial charge in [-0.15, -0.1) is 0 Å². The summed E-state index contributed by atoms with van der Waals surface area (Å²) >= 11 is 0. The zero-order valence-corrected chi connectivity index (χ0v) is 9.97. The molecule has 0 aliphatic heterocycles. The number of nitrogens with one attached hydrogen (secondary N) is 1. The number of ether oxygens (including phenoxy) is 1. The number of alkyl halides is 2. The molecule has 0 spiro atoms. The molecule has 1 aromatic heterocycles. The van der Waals surface area contributed by atoms with Gasteiger partial charge in [0.25, 0.3) is 12.3 Å². The van der Waals surface area contributed by atoms with Gasteiger partial charge in [-0.2, -0.15) is 0 Å². The summed E-state index contributed by atoms with van der Waals surface area (Å²) in [4.78, 5) is 11.8. The monoisotopic (exact) mass is 262 g/mol. The van der Waals surface area contributed by atoms with E-state index in [-0.39, 0.29) is 18.9 Å². The highest BCUT2D eigenvalue weighted by atomic mass is 19.3. The summed E-state index contributed by atoms with van der Waals surface area (Å²) in [6, 6.07) is 2.40. The Labute approximate surface area is 103 Å². The molecule has 18 heavy (non-hydrogen) atoms. The van der Waals surface area contributed by atoms with E-state index in [9.17, 15) is 13.6 Å². The van der Waals surface area contributed by atoms with Crippen molar-refractivity contribution in [2.24, 2.45) is 0 Å². The van der Waals surface area contributed by atoms with Gasteiger partial charge in [-0.25, -0.2) is 8.78 Å². The Bertz CT molecular complexity index is 382. The maximum Gasteiger partial charge on any atom is 0.268 e. The summed E-state index contributed by atoms with van der Waals surface area (Å²) in [5, 5.41) is 11.5. The smallest absolute Gasteiger partial charge is 0.268 e. The summed E-state index contributed by atoms with van der Waals surface area (Å²) in [5.74, 6) is -0.517. The lowest BCUT2D eigenvalue weighted by molar-refractivity contribution is 0.0821. The molecule has 0 radical (unpaired) electrons. The van der Waals surface area contributed by atoms with E-state index in [1.165, 1.54) is 30.0 Å².